The van der Waals surface area contributed by atoms with Gasteiger partial charge >= 0.3 is 0 Å². The average Bonchev–Trinajstić information content (AvgIpc) is 2.87. The van der Waals surface area contributed by atoms with Crippen molar-refractivity contribution in [2.45, 2.75) is 33.2 Å². The molecule has 0 amide bonds. The second-order valence-electron chi connectivity index (χ2n) is 5.18. The molecule has 2 aromatic rings. The summed E-state index contributed by atoms with van der Waals surface area (Å²) in [4.78, 5) is 6.21. The van der Waals surface area contributed by atoms with Crippen LogP contribution in [0.2, 0.25) is 0 Å². The first kappa shape index (κ1) is 16.1. The van der Waals surface area contributed by atoms with Crippen molar-refractivity contribution >= 4 is 11.3 Å². The first-order chi connectivity index (χ1) is 10.2. The minimum Gasteiger partial charge on any atom is -0.383 e. The number of aromatic nitrogens is 1. The number of rotatable bonds is 8. The van der Waals surface area contributed by atoms with E-state index in [2.05, 4.69) is 43.4 Å². The Hall–Kier alpha value is -1.23. The normalized spacial score (nSPS) is 11.0. The minimum absolute atomic E-state index is 0.743. The third-order valence-corrected chi connectivity index (χ3v) is 4.45. The standard InChI is InChI=1S/C17H24N2OS/c1-4-6-15-16(12-18-9-10-20-3)21-17(19-15)14-8-5-7-13(2)11-14/h5,7-8,11,18H,4,6,9-10,12H2,1-3H3. The second-order valence-corrected chi connectivity index (χ2v) is 6.26. The van der Waals surface area contributed by atoms with Crippen LogP contribution in [0.5, 0.6) is 0 Å². The zero-order chi connectivity index (χ0) is 15.1. The molecule has 0 aliphatic rings. The van der Waals surface area contributed by atoms with E-state index in [0.29, 0.717) is 0 Å². The smallest absolute Gasteiger partial charge is 0.123 e. The highest BCUT2D eigenvalue weighted by Gasteiger charge is 2.11. The van der Waals surface area contributed by atoms with E-state index in [1.807, 2.05) is 0 Å². The van der Waals surface area contributed by atoms with Gasteiger partial charge in [0.15, 0.2) is 0 Å². The summed E-state index contributed by atoms with van der Waals surface area (Å²) in [6.45, 7) is 6.82. The van der Waals surface area contributed by atoms with E-state index in [4.69, 9.17) is 9.72 Å². The van der Waals surface area contributed by atoms with Gasteiger partial charge in [-0.05, 0) is 19.4 Å². The van der Waals surface area contributed by atoms with Crippen molar-refractivity contribution < 1.29 is 4.74 Å². The number of hydrogen-bond donors (Lipinski definition) is 1. The van der Waals surface area contributed by atoms with Crippen molar-refractivity contribution in [2.75, 3.05) is 20.3 Å². The predicted octanol–water partition coefficient (Wildman–Crippen LogP) is 3.81. The van der Waals surface area contributed by atoms with Crippen LogP contribution < -0.4 is 5.32 Å². The molecule has 1 heterocycles. The molecule has 1 aromatic carbocycles. The maximum Gasteiger partial charge on any atom is 0.123 e. The lowest BCUT2D eigenvalue weighted by Gasteiger charge is -2.03. The molecule has 4 heteroatoms. The number of nitrogens with one attached hydrogen (secondary N) is 1. The van der Waals surface area contributed by atoms with Crippen molar-refractivity contribution in [3.63, 3.8) is 0 Å². The van der Waals surface area contributed by atoms with Crippen LogP contribution in [-0.2, 0) is 17.7 Å². The molecule has 0 saturated heterocycles. The fraction of sp³-hybridized carbons (Fsp3) is 0.471. The van der Waals surface area contributed by atoms with Crippen LogP contribution in [0.3, 0.4) is 0 Å². The van der Waals surface area contributed by atoms with E-state index in [0.717, 1.165) is 37.5 Å². The number of benzene rings is 1. The Morgan fingerprint density at radius 3 is 2.90 bits per heavy atom. The number of hydrogen-bond acceptors (Lipinski definition) is 4. The fourth-order valence-corrected chi connectivity index (χ4v) is 3.31. The van der Waals surface area contributed by atoms with Crippen molar-refractivity contribution in [1.29, 1.82) is 0 Å². The monoisotopic (exact) mass is 304 g/mol. The summed E-state index contributed by atoms with van der Waals surface area (Å²) in [5, 5.41) is 4.55. The number of nitrogens with zero attached hydrogens (tertiary/aromatic N) is 1. The highest BCUT2D eigenvalue weighted by Crippen LogP contribution is 2.29. The first-order valence-electron chi connectivity index (χ1n) is 7.50. The van der Waals surface area contributed by atoms with Crippen LogP contribution in [0.15, 0.2) is 24.3 Å². The molecule has 0 fully saturated rings. The summed E-state index contributed by atoms with van der Waals surface area (Å²) in [6, 6.07) is 8.57. The van der Waals surface area contributed by atoms with Gasteiger partial charge in [0, 0.05) is 30.6 Å². The fourth-order valence-electron chi connectivity index (χ4n) is 2.23. The molecule has 114 valence electrons. The third kappa shape index (κ3) is 4.63. The molecular weight excluding hydrogens is 280 g/mol. The first-order valence-corrected chi connectivity index (χ1v) is 8.31. The highest BCUT2D eigenvalue weighted by atomic mass is 32.1. The average molecular weight is 304 g/mol. The van der Waals surface area contributed by atoms with Crippen molar-refractivity contribution in [2.24, 2.45) is 0 Å². The summed E-state index contributed by atoms with van der Waals surface area (Å²) in [7, 11) is 1.73. The third-order valence-electron chi connectivity index (χ3n) is 3.30. The Labute approximate surface area is 131 Å². The van der Waals surface area contributed by atoms with Gasteiger partial charge in [-0.1, -0.05) is 37.1 Å². The molecule has 21 heavy (non-hydrogen) atoms. The Kier molecular flexibility index (Phi) is 6.36. The molecule has 1 N–H and O–H groups in total. The van der Waals surface area contributed by atoms with Crippen molar-refractivity contribution in [3.05, 3.63) is 40.4 Å². The molecule has 0 aliphatic heterocycles. The Balaban J connectivity index is 2.16. The highest BCUT2D eigenvalue weighted by molar-refractivity contribution is 7.15. The van der Waals surface area contributed by atoms with E-state index in [1.54, 1.807) is 18.4 Å². The molecular formula is C17H24N2OS. The summed E-state index contributed by atoms with van der Waals surface area (Å²) < 4.78 is 5.07. The van der Waals surface area contributed by atoms with E-state index in [1.165, 1.54) is 21.7 Å². The molecule has 0 atom stereocenters. The van der Waals surface area contributed by atoms with Gasteiger partial charge < -0.3 is 10.1 Å². The van der Waals surface area contributed by atoms with Crippen molar-refractivity contribution in [3.8, 4) is 10.6 Å². The predicted molar refractivity (Wildman–Crippen MR) is 89.9 cm³/mol. The molecule has 2 rings (SSSR count). The maximum absolute atomic E-state index is 5.07. The zero-order valence-electron chi connectivity index (χ0n) is 13.1. The van der Waals surface area contributed by atoms with Gasteiger partial charge in [-0.25, -0.2) is 4.98 Å². The lowest BCUT2D eigenvalue weighted by molar-refractivity contribution is 0.199. The van der Waals surface area contributed by atoms with Gasteiger partial charge in [-0.3, -0.25) is 0 Å². The molecule has 1 aromatic heterocycles. The lowest BCUT2D eigenvalue weighted by atomic mass is 10.1. The largest absolute Gasteiger partial charge is 0.383 e. The molecule has 0 aliphatic carbocycles. The Morgan fingerprint density at radius 2 is 2.19 bits per heavy atom. The molecule has 3 nitrogen and oxygen atoms in total. The van der Waals surface area contributed by atoms with E-state index < -0.39 is 0 Å². The van der Waals surface area contributed by atoms with E-state index >= 15 is 0 Å². The van der Waals surface area contributed by atoms with Crippen LogP contribution in [0, 0.1) is 6.92 Å². The van der Waals surface area contributed by atoms with E-state index in [-0.39, 0.29) is 0 Å². The van der Waals surface area contributed by atoms with E-state index in [9.17, 15) is 0 Å². The summed E-state index contributed by atoms with van der Waals surface area (Å²) in [5.41, 5.74) is 3.74. The van der Waals surface area contributed by atoms with Gasteiger partial charge in [0.05, 0.1) is 12.3 Å². The number of thiazole rings is 1. The molecule has 0 bridgehead atoms. The van der Waals surface area contributed by atoms with Crippen LogP contribution in [-0.4, -0.2) is 25.2 Å². The summed E-state index contributed by atoms with van der Waals surface area (Å²) >= 11 is 1.80. The maximum atomic E-state index is 5.07. The van der Waals surface area contributed by atoms with Gasteiger partial charge in [-0.15, -0.1) is 11.3 Å². The number of methoxy groups -OCH3 is 1. The number of ether oxygens (including phenoxy) is 1. The van der Waals surface area contributed by atoms with Crippen LogP contribution in [0.4, 0.5) is 0 Å². The van der Waals surface area contributed by atoms with Crippen LogP contribution in [0.25, 0.3) is 10.6 Å². The molecule has 0 saturated carbocycles. The molecule has 0 spiro atoms. The Morgan fingerprint density at radius 1 is 1.33 bits per heavy atom. The van der Waals surface area contributed by atoms with Gasteiger partial charge in [0.25, 0.3) is 0 Å². The zero-order valence-corrected chi connectivity index (χ0v) is 13.9. The molecule has 0 radical (unpaired) electrons. The van der Waals surface area contributed by atoms with Crippen LogP contribution >= 0.6 is 11.3 Å². The van der Waals surface area contributed by atoms with Gasteiger partial charge in [0.1, 0.15) is 5.01 Å². The van der Waals surface area contributed by atoms with Gasteiger partial charge in [-0.2, -0.15) is 0 Å². The molecule has 0 unspecified atom stereocenters. The topological polar surface area (TPSA) is 34.2 Å². The number of aryl methyl sites for hydroxylation is 2. The SMILES string of the molecule is CCCc1nc(-c2cccc(C)c2)sc1CNCCOC. The van der Waals surface area contributed by atoms with Crippen LogP contribution in [0.1, 0.15) is 29.5 Å². The summed E-state index contributed by atoms with van der Waals surface area (Å²) in [6.07, 6.45) is 2.17. The summed E-state index contributed by atoms with van der Waals surface area (Å²) in [5.74, 6) is 0. The lowest BCUT2D eigenvalue weighted by Crippen LogP contribution is -2.18. The second kappa shape index (κ2) is 8.27. The van der Waals surface area contributed by atoms with Crippen molar-refractivity contribution in [1.82, 2.24) is 10.3 Å². The Bertz CT molecular complexity index is 566. The quantitative estimate of drug-likeness (QED) is 0.753. The minimum atomic E-state index is 0.743. The van der Waals surface area contributed by atoms with Gasteiger partial charge in [0.2, 0.25) is 0 Å².